The normalized spacial score (nSPS) is 10.4. The molecular weight excluding hydrogens is 250 g/mol. The van der Waals surface area contributed by atoms with Crippen molar-refractivity contribution in [2.45, 2.75) is 20.4 Å². The van der Waals surface area contributed by atoms with E-state index in [0.717, 1.165) is 16.8 Å². The topological polar surface area (TPSA) is 57.8 Å². The number of nitrogens with one attached hydrogen (secondary N) is 2. The molecule has 94 valence electrons. The van der Waals surface area contributed by atoms with Crippen LogP contribution < -0.4 is 5.32 Å². The third-order valence-corrected chi connectivity index (χ3v) is 2.90. The van der Waals surface area contributed by atoms with Crippen LogP contribution in [-0.2, 0) is 6.54 Å². The Hall–Kier alpha value is -1.81. The molecule has 0 aliphatic carbocycles. The van der Waals surface area contributed by atoms with Crippen LogP contribution in [0.15, 0.2) is 24.4 Å². The van der Waals surface area contributed by atoms with Crippen LogP contribution in [0, 0.1) is 13.8 Å². The zero-order chi connectivity index (χ0) is 13.1. The van der Waals surface area contributed by atoms with E-state index in [1.165, 1.54) is 0 Å². The van der Waals surface area contributed by atoms with Gasteiger partial charge < -0.3 is 5.32 Å². The fraction of sp³-hybridized carbons (Fsp3) is 0.231. The smallest absolute Gasteiger partial charge is 0.251 e. The first-order chi connectivity index (χ1) is 8.56. The molecule has 0 aliphatic heterocycles. The molecule has 0 fully saturated rings. The minimum atomic E-state index is -0.138. The van der Waals surface area contributed by atoms with Crippen molar-refractivity contribution >= 4 is 17.5 Å². The van der Waals surface area contributed by atoms with Gasteiger partial charge in [-0.2, -0.15) is 5.10 Å². The zero-order valence-corrected chi connectivity index (χ0v) is 11.0. The van der Waals surface area contributed by atoms with E-state index >= 15 is 0 Å². The minimum absolute atomic E-state index is 0.138. The highest BCUT2D eigenvalue weighted by Crippen LogP contribution is 2.14. The Morgan fingerprint density at radius 2 is 2.17 bits per heavy atom. The number of H-pyrrole nitrogens is 1. The number of carbonyl (C=O) groups is 1. The fourth-order valence-electron chi connectivity index (χ4n) is 1.70. The van der Waals surface area contributed by atoms with Gasteiger partial charge in [-0.05, 0) is 37.6 Å². The van der Waals surface area contributed by atoms with E-state index in [1.807, 2.05) is 26.0 Å². The molecule has 5 heteroatoms. The molecule has 1 aromatic carbocycles. The van der Waals surface area contributed by atoms with Crippen molar-refractivity contribution in [3.8, 4) is 0 Å². The summed E-state index contributed by atoms with van der Waals surface area (Å²) in [6.45, 7) is 4.27. The standard InChI is InChI=1S/C13H14ClN3O/c1-8-3-10(5-12(14)4-8)13(18)15-6-11-7-16-17-9(11)2/h3-5,7H,6H2,1-2H3,(H,15,18)(H,16,17). The summed E-state index contributed by atoms with van der Waals surface area (Å²) < 4.78 is 0. The molecule has 0 saturated heterocycles. The number of halogens is 1. The maximum absolute atomic E-state index is 12.0. The summed E-state index contributed by atoms with van der Waals surface area (Å²) in [5.74, 6) is -0.138. The van der Waals surface area contributed by atoms with E-state index in [9.17, 15) is 4.79 Å². The molecule has 2 rings (SSSR count). The molecule has 1 amide bonds. The first-order valence-electron chi connectivity index (χ1n) is 5.60. The number of aryl methyl sites for hydroxylation is 2. The molecule has 0 atom stereocenters. The maximum Gasteiger partial charge on any atom is 0.251 e. The van der Waals surface area contributed by atoms with Crippen molar-refractivity contribution in [1.29, 1.82) is 0 Å². The van der Waals surface area contributed by atoms with Crippen LogP contribution in [0.2, 0.25) is 5.02 Å². The summed E-state index contributed by atoms with van der Waals surface area (Å²) in [4.78, 5) is 12.0. The van der Waals surface area contributed by atoms with Crippen molar-refractivity contribution in [2.24, 2.45) is 0 Å². The van der Waals surface area contributed by atoms with Crippen LogP contribution in [0.5, 0.6) is 0 Å². The average molecular weight is 264 g/mol. The van der Waals surface area contributed by atoms with E-state index < -0.39 is 0 Å². The van der Waals surface area contributed by atoms with Gasteiger partial charge in [0.25, 0.3) is 5.91 Å². The number of amides is 1. The van der Waals surface area contributed by atoms with E-state index in [2.05, 4.69) is 15.5 Å². The van der Waals surface area contributed by atoms with Crippen LogP contribution in [0.3, 0.4) is 0 Å². The van der Waals surface area contributed by atoms with Crippen molar-refractivity contribution in [3.63, 3.8) is 0 Å². The lowest BCUT2D eigenvalue weighted by Crippen LogP contribution is -2.23. The third-order valence-electron chi connectivity index (χ3n) is 2.68. The minimum Gasteiger partial charge on any atom is -0.348 e. The molecule has 2 aromatic rings. The lowest BCUT2D eigenvalue weighted by Gasteiger charge is -2.06. The summed E-state index contributed by atoms with van der Waals surface area (Å²) in [5.41, 5.74) is 3.47. The van der Waals surface area contributed by atoms with E-state index in [4.69, 9.17) is 11.6 Å². The molecule has 4 nitrogen and oxygen atoms in total. The molecule has 2 N–H and O–H groups in total. The summed E-state index contributed by atoms with van der Waals surface area (Å²) in [6.07, 6.45) is 1.71. The van der Waals surface area contributed by atoms with Crippen LogP contribution in [0.4, 0.5) is 0 Å². The molecule has 0 radical (unpaired) electrons. The molecule has 18 heavy (non-hydrogen) atoms. The number of hydrogen-bond donors (Lipinski definition) is 2. The van der Waals surface area contributed by atoms with Gasteiger partial charge in [0.05, 0.1) is 6.20 Å². The molecule has 1 heterocycles. The highest BCUT2D eigenvalue weighted by molar-refractivity contribution is 6.31. The predicted molar refractivity (Wildman–Crippen MR) is 70.7 cm³/mol. The summed E-state index contributed by atoms with van der Waals surface area (Å²) in [5, 5.41) is 10.1. The lowest BCUT2D eigenvalue weighted by atomic mass is 10.1. The first-order valence-corrected chi connectivity index (χ1v) is 5.98. The number of hydrogen-bond acceptors (Lipinski definition) is 2. The molecular formula is C13H14ClN3O. The van der Waals surface area contributed by atoms with Gasteiger partial charge >= 0.3 is 0 Å². The molecule has 0 aliphatic rings. The summed E-state index contributed by atoms with van der Waals surface area (Å²) in [7, 11) is 0. The second-order valence-electron chi connectivity index (χ2n) is 4.22. The Bertz CT molecular complexity index is 557. The van der Waals surface area contributed by atoms with E-state index in [1.54, 1.807) is 12.3 Å². The average Bonchev–Trinajstić information content (AvgIpc) is 2.70. The Balaban J connectivity index is 2.06. The highest BCUT2D eigenvalue weighted by atomic mass is 35.5. The van der Waals surface area contributed by atoms with Gasteiger partial charge in [-0.3, -0.25) is 9.89 Å². The van der Waals surface area contributed by atoms with Crippen molar-refractivity contribution in [1.82, 2.24) is 15.5 Å². The first kappa shape index (κ1) is 12.6. The largest absolute Gasteiger partial charge is 0.348 e. The highest BCUT2D eigenvalue weighted by Gasteiger charge is 2.08. The second-order valence-corrected chi connectivity index (χ2v) is 4.66. The lowest BCUT2D eigenvalue weighted by molar-refractivity contribution is 0.0951. The van der Waals surface area contributed by atoms with Gasteiger partial charge in [0.1, 0.15) is 0 Å². The predicted octanol–water partition coefficient (Wildman–Crippen LogP) is 2.61. The fourth-order valence-corrected chi connectivity index (χ4v) is 1.99. The van der Waals surface area contributed by atoms with Gasteiger partial charge in [-0.25, -0.2) is 0 Å². The van der Waals surface area contributed by atoms with Gasteiger partial charge in [0.2, 0.25) is 0 Å². The molecule has 0 unspecified atom stereocenters. The Morgan fingerprint density at radius 3 is 2.78 bits per heavy atom. The van der Waals surface area contributed by atoms with Crippen molar-refractivity contribution < 1.29 is 4.79 Å². The molecule has 0 bridgehead atoms. The van der Waals surface area contributed by atoms with Gasteiger partial charge in [0, 0.05) is 28.4 Å². The van der Waals surface area contributed by atoms with Gasteiger partial charge in [0.15, 0.2) is 0 Å². The van der Waals surface area contributed by atoms with Crippen LogP contribution in [-0.4, -0.2) is 16.1 Å². The number of aromatic amines is 1. The Labute approximate surface area is 110 Å². The summed E-state index contributed by atoms with van der Waals surface area (Å²) in [6, 6.07) is 5.29. The van der Waals surface area contributed by atoms with Gasteiger partial charge in [-0.15, -0.1) is 0 Å². The van der Waals surface area contributed by atoms with Crippen LogP contribution in [0.25, 0.3) is 0 Å². The number of carbonyl (C=O) groups excluding carboxylic acids is 1. The maximum atomic E-state index is 12.0. The number of nitrogens with zero attached hydrogens (tertiary/aromatic N) is 1. The molecule has 0 saturated carbocycles. The quantitative estimate of drug-likeness (QED) is 0.894. The Kier molecular flexibility index (Phi) is 3.67. The Morgan fingerprint density at radius 1 is 1.39 bits per heavy atom. The number of benzene rings is 1. The van der Waals surface area contributed by atoms with Crippen molar-refractivity contribution in [2.75, 3.05) is 0 Å². The molecule has 1 aromatic heterocycles. The number of aromatic nitrogens is 2. The molecule has 0 spiro atoms. The third kappa shape index (κ3) is 2.90. The van der Waals surface area contributed by atoms with E-state index in [0.29, 0.717) is 17.1 Å². The summed E-state index contributed by atoms with van der Waals surface area (Å²) >= 11 is 5.92. The van der Waals surface area contributed by atoms with Crippen LogP contribution in [0.1, 0.15) is 27.2 Å². The zero-order valence-electron chi connectivity index (χ0n) is 10.2. The second kappa shape index (κ2) is 5.23. The van der Waals surface area contributed by atoms with Crippen LogP contribution >= 0.6 is 11.6 Å². The van der Waals surface area contributed by atoms with Gasteiger partial charge in [-0.1, -0.05) is 11.6 Å². The monoisotopic (exact) mass is 263 g/mol. The van der Waals surface area contributed by atoms with E-state index in [-0.39, 0.29) is 5.91 Å². The number of rotatable bonds is 3. The SMILES string of the molecule is Cc1cc(Cl)cc(C(=O)NCc2cn[nH]c2C)c1. The van der Waals surface area contributed by atoms with Crippen molar-refractivity contribution in [3.05, 3.63) is 51.8 Å².